The van der Waals surface area contributed by atoms with Gasteiger partial charge >= 0.3 is 16.1 Å². The SMILES string of the molecule is COc1cccc(NC(=O)N(Cc2ccc(OS(C)(=O)=O)cc2)CC2CCCO2)c1. The highest BCUT2D eigenvalue weighted by atomic mass is 32.2. The molecule has 1 heterocycles. The summed E-state index contributed by atoms with van der Waals surface area (Å²) in [5, 5.41) is 2.90. The number of anilines is 1. The van der Waals surface area contributed by atoms with Crippen molar-refractivity contribution in [2.45, 2.75) is 25.5 Å². The first-order valence-electron chi connectivity index (χ1n) is 9.62. The number of hydrogen-bond donors (Lipinski definition) is 1. The third kappa shape index (κ3) is 6.64. The summed E-state index contributed by atoms with van der Waals surface area (Å²) in [5.41, 5.74) is 1.48. The highest BCUT2D eigenvalue weighted by Gasteiger charge is 2.23. The molecule has 0 aromatic heterocycles. The fourth-order valence-corrected chi connectivity index (χ4v) is 3.66. The molecule has 1 aliphatic heterocycles. The lowest BCUT2D eigenvalue weighted by Gasteiger charge is -2.26. The maximum Gasteiger partial charge on any atom is 0.322 e. The maximum absolute atomic E-state index is 13.0. The summed E-state index contributed by atoms with van der Waals surface area (Å²) in [5.74, 6) is 0.882. The molecule has 0 saturated carbocycles. The Morgan fingerprint density at radius 2 is 1.97 bits per heavy atom. The third-order valence-corrected chi connectivity index (χ3v) is 5.10. The molecule has 0 radical (unpaired) electrons. The first-order chi connectivity index (χ1) is 14.3. The van der Waals surface area contributed by atoms with Crippen molar-refractivity contribution in [1.82, 2.24) is 4.90 Å². The average molecular weight is 435 g/mol. The maximum atomic E-state index is 13.0. The van der Waals surface area contributed by atoms with Crippen molar-refractivity contribution >= 4 is 21.8 Å². The molecule has 162 valence electrons. The molecule has 1 N–H and O–H groups in total. The van der Waals surface area contributed by atoms with Gasteiger partial charge in [0.25, 0.3) is 0 Å². The van der Waals surface area contributed by atoms with E-state index in [0.29, 0.717) is 31.1 Å². The Labute approximate surface area is 176 Å². The van der Waals surface area contributed by atoms with Gasteiger partial charge in [0, 0.05) is 31.5 Å². The van der Waals surface area contributed by atoms with E-state index in [2.05, 4.69) is 5.32 Å². The molecule has 0 bridgehead atoms. The Hall–Kier alpha value is -2.78. The van der Waals surface area contributed by atoms with Crippen molar-refractivity contribution < 1.29 is 26.9 Å². The number of nitrogens with one attached hydrogen (secondary N) is 1. The highest BCUT2D eigenvalue weighted by Crippen LogP contribution is 2.20. The van der Waals surface area contributed by atoms with Crippen LogP contribution < -0.4 is 14.2 Å². The third-order valence-electron chi connectivity index (χ3n) is 4.60. The lowest BCUT2D eigenvalue weighted by atomic mass is 10.2. The number of urea groups is 1. The lowest BCUT2D eigenvalue weighted by molar-refractivity contribution is 0.0819. The molecule has 1 saturated heterocycles. The molecule has 3 rings (SSSR count). The Bertz CT molecular complexity index is 956. The summed E-state index contributed by atoms with van der Waals surface area (Å²) >= 11 is 0. The molecule has 1 atom stereocenters. The van der Waals surface area contributed by atoms with Crippen LogP contribution in [0.25, 0.3) is 0 Å². The number of rotatable bonds is 8. The van der Waals surface area contributed by atoms with Gasteiger partial charge in [-0.05, 0) is 42.7 Å². The first kappa shape index (κ1) is 21.9. The fourth-order valence-electron chi connectivity index (χ4n) is 3.20. The Morgan fingerprint density at radius 1 is 1.20 bits per heavy atom. The van der Waals surface area contributed by atoms with Gasteiger partial charge in [-0.2, -0.15) is 8.42 Å². The van der Waals surface area contributed by atoms with Crippen LogP contribution in [-0.2, 0) is 21.4 Å². The largest absolute Gasteiger partial charge is 0.497 e. The molecule has 0 spiro atoms. The molecule has 2 amide bonds. The number of ether oxygens (including phenoxy) is 2. The molecule has 9 heteroatoms. The summed E-state index contributed by atoms with van der Waals surface area (Å²) in [6, 6.07) is 13.5. The smallest absolute Gasteiger partial charge is 0.322 e. The number of carbonyl (C=O) groups excluding carboxylic acids is 1. The molecule has 1 aliphatic rings. The van der Waals surface area contributed by atoms with Gasteiger partial charge < -0.3 is 23.9 Å². The minimum atomic E-state index is -3.58. The van der Waals surface area contributed by atoms with E-state index in [1.807, 2.05) is 0 Å². The molecule has 8 nitrogen and oxygen atoms in total. The van der Waals surface area contributed by atoms with Gasteiger partial charge in [0.05, 0.1) is 19.5 Å². The van der Waals surface area contributed by atoms with E-state index in [9.17, 15) is 13.2 Å². The van der Waals surface area contributed by atoms with Crippen LogP contribution in [0.2, 0.25) is 0 Å². The van der Waals surface area contributed by atoms with Gasteiger partial charge in [0.2, 0.25) is 0 Å². The number of benzene rings is 2. The van der Waals surface area contributed by atoms with Crippen LogP contribution >= 0.6 is 0 Å². The average Bonchev–Trinajstić information content (AvgIpc) is 3.21. The number of methoxy groups -OCH3 is 1. The second kappa shape index (κ2) is 9.82. The van der Waals surface area contributed by atoms with Crippen molar-refractivity contribution in [2.75, 3.05) is 31.8 Å². The van der Waals surface area contributed by atoms with E-state index >= 15 is 0 Å². The van der Waals surface area contributed by atoms with E-state index in [1.54, 1.807) is 60.5 Å². The van der Waals surface area contributed by atoms with Crippen LogP contribution in [0.15, 0.2) is 48.5 Å². The number of carbonyl (C=O) groups is 1. The highest BCUT2D eigenvalue weighted by molar-refractivity contribution is 7.86. The zero-order chi connectivity index (χ0) is 21.6. The van der Waals surface area contributed by atoms with Crippen LogP contribution in [0.5, 0.6) is 11.5 Å². The van der Waals surface area contributed by atoms with Gasteiger partial charge in [-0.25, -0.2) is 4.79 Å². The summed E-state index contributed by atoms with van der Waals surface area (Å²) in [6.07, 6.45) is 2.87. The van der Waals surface area contributed by atoms with Crippen molar-refractivity contribution in [3.8, 4) is 11.5 Å². The molecule has 1 fully saturated rings. The minimum Gasteiger partial charge on any atom is -0.497 e. The molecular formula is C21H26N2O6S. The van der Waals surface area contributed by atoms with Crippen molar-refractivity contribution in [2.24, 2.45) is 0 Å². The fraction of sp³-hybridized carbons (Fsp3) is 0.381. The summed E-state index contributed by atoms with van der Waals surface area (Å²) < 4.78 is 38.3. The molecule has 0 aliphatic carbocycles. The zero-order valence-electron chi connectivity index (χ0n) is 17.0. The van der Waals surface area contributed by atoms with E-state index in [4.69, 9.17) is 13.7 Å². The van der Waals surface area contributed by atoms with E-state index in [-0.39, 0.29) is 17.9 Å². The van der Waals surface area contributed by atoms with Crippen molar-refractivity contribution in [3.63, 3.8) is 0 Å². The first-order valence-corrected chi connectivity index (χ1v) is 11.4. The van der Waals surface area contributed by atoms with Gasteiger partial charge in [-0.15, -0.1) is 0 Å². The van der Waals surface area contributed by atoms with Crippen LogP contribution in [-0.4, -0.2) is 52.0 Å². The Kier molecular flexibility index (Phi) is 7.17. The summed E-state index contributed by atoms with van der Waals surface area (Å²) in [6.45, 7) is 1.50. The Balaban J connectivity index is 1.71. The van der Waals surface area contributed by atoms with Crippen LogP contribution in [0, 0.1) is 0 Å². The van der Waals surface area contributed by atoms with Crippen LogP contribution in [0.1, 0.15) is 18.4 Å². The monoisotopic (exact) mass is 434 g/mol. The molecule has 2 aromatic rings. The van der Waals surface area contributed by atoms with Crippen LogP contribution in [0.4, 0.5) is 10.5 Å². The summed E-state index contributed by atoms with van der Waals surface area (Å²) in [7, 11) is -2.01. The predicted octanol–water partition coefficient (Wildman–Crippen LogP) is 3.25. The second-order valence-electron chi connectivity index (χ2n) is 7.11. The number of amides is 2. The van der Waals surface area contributed by atoms with Gasteiger partial charge in [0.15, 0.2) is 0 Å². The van der Waals surface area contributed by atoms with Crippen molar-refractivity contribution in [1.29, 1.82) is 0 Å². The van der Waals surface area contributed by atoms with Gasteiger partial charge in [-0.1, -0.05) is 18.2 Å². The van der Waals surface area contributed by atoms with E-state index in [1.165, 1.54) is 0 Å². The van der Waals surface area contributed by atoms with E-state index in [0.717, 1.165) is 24.7 Å². The van der Waals surface area contributed by atoms with Gasteiger partial charge in [-0.3, -0.25) is 0 Å². The van der Waals surface area contributed by atoms with Gasteiger partial charge in [0.1, 0.15) is 11.5 Å². The normalized spacial score (nSPS) is 16.1. The topological polar surface area (TPSA) is 94.2 Å². The minimum absolute atomic E-state index is 0.00565. The quantitative estimate of drug-likeness (QED) is 0.641. The standard InChI is InChI=1S/C21H26N2O6S/c1-27-19-6-3-5-17(13-19)22-21(24)23(15-20-7-4-12-28-20)14-16-8-10-18(11-9-16)29-30(2,25)26/h3,5-6,8-11,13,20H,4,7,12,14-15H2,1-2H3,(H,22,24). The predicted molar refractivity (Wildman–Crippen MR) is 113 cm³/mol. The molecule has 1 unspecified atom stereocenters. The lowest BCUT2D eigenvalue weighted by Crippen LogP contribution is -2.39. The van der Waals surface area contributed by atoms with Crippen LogP contribution in [0.3, 0.4) is 0 Å². The van der Waals surface area contributed by atoms with Crippen molar-refractivity contribution in [3.05, 3.63) is 54.1 Å². The Morgan fingerprint density at radius 3 is 2.60 bits per heavy atom. The molecular weight excluding hydrogens is 408 g/mol. The molecule has 30 heavy (non-hydrogen) atoms. The zero-order valence-corrected chi connectivity index (χ0v) is 17.9. The summed E-state index contributed by atoms with van der Waals surface area (Å²) in [4.78, 5) is 14.7. The molecule has 2 aromatic carbocycles. The van der Waals surface area contributed by atoms with E-state index < -0.39 is 10.1 Å². The number of nitrogens with zero attached hydrogens (tertiary/aromatic N) is 1. The number of hydrogen-bond acceptors (Lipinski definition) is 6. The second-order valence-corrected chi connectivity index (χ2v) is 8.68.